The van der Waals surface area contributed by atoms with Crippen LogP contribution in [0.25, 0.3) is 11.2 Å². The lowest BCUT2D eigenvalue weighted by atomic mass is 10.2. The van der Waals surface area contributed by atoms with Crippen LogP contribution in [0, 0.1) is 0 Å². The summed E-state index contributed by atoms with van der Waals surface area (Å²) in [4.78, 5) is 49.7. The minimum Gasteiger partial charge on any atom is -0.857 e. The smallest absolute Gasteiger partial charge is 0.484 e. The molecule has 1 fully saturated rings. The molecule has 180 valence electrons. The lowest BCUT2D eigenvalue weighted by Crippen LogP contribution is -2.26. The van der Waals surface area contributed by atoms with E-state index in [9.17, 15) is 43.7 Å². The number of rotatable bonds is 8. The molecule has 1 saturated heterocycles. The average Bonchev–Trinajstić information content (AvgIpc) is 3.09. The quantitative estimate of drug-likeness (QED) is 0.244. The van der Waals surface area contributed by atoms with Crippen LogP contribution in [0.5, 0.6) is 11.9 Å². The summed E-state index contributed by atoms with van der Waals surface area (Å²) in [6.45, 7) is -0.984. The Morgan fingerprint density at radius 2 is 1.78 bits per heavy atom. The first-order chi connectivity index (χ1) is 14.6. The van der Waals surface area contributed by atoms with Crippen LogP contribution in [0.1, 0.15) is 12.6 Å². The molecule has 1 aliphatic heterocycles. The number of ether oxygens (including phenoxy) is 1. The van der Waals surface area contributed by atoms with Crippen molar-refractivity contribution < 1.29 is 66.5 Å². The molecule has 32 heavy (non-hydrogen) atoms. The number of phosphoric acid groups is 3. The number of phosphoric ester groups is 1. The van der Waals surface area contributed by atoms with Crippen LogP contribution in [-0.4, -0.2) is 53.2 Å². The second-order valence-corrected chi connectivity index (χ2v) is 10.4. The van der Waals surface area contributed by atoms with Gasteiger partial charge < -0.3 is 49.9 Å². The maximum absolute atomic E-state index is 12.2. The predicted molar refractivity (Wildman–Crippen MR) is 88.5 cm³/mol. The van der Waals surface area contributed by atoms with Gasteiger partial charge in [-0.15, -0.1) is 0 Å². The predicted octanol–water partition coefficient (Wildman–Crippen LogP) is -3.72. The highest BCUT2D eigenvalue weighted by atomic mass is 31.3. The number of hydrogen-bond acceptors (Lipinski definition) is 16. The number of aliphatic hydroxyl groups is 1. The maximum atomic E-state index is 12.2. The normalized spacial score (nSPS) is 25.6. The summed E-state index contributed by atoms with van der Waals surface area (Å²) in [5, 5.41) is 34.0. The van der Waals surface area contributed by atoms with Crippen LogP contribution >= 0.6 is 23.5 Å². The summed E-state index contributed by atoms with van der Waals surface area (Å²) >= 11 is 0. The zero-order chi connectivity index (χ0) is 24.1. The van der Waals surface area contributed by atoms with Crippen LogP contribution in [0.2, 0.25) is 0 Å². The van der Waals surface area contributed by atoms with Crippen molar-refractivity contribution in [1.29, 1.82) is 0 Å². The number of aromatic nitrogens is 4. The molecule has 0 aromatic carbocycles. The summed E-state index contributed by atoms with van der Waals surface area (Å²) < 4.78 is 50.6. The Kier molecular flexibility index (Phi) is 6.67. The van der Waals surface area contributed by atoms with E-state index in [1.165, 1.54) is 0 Å². The topological polar surface area (TPSA) is 311 Å². The van der Waals surface area contributed by atoms with E-state index in [1.54, 1.807) is 0 Å². The molecule has 0 saturated carbocycles. The third-order valence-corrected chi connectivity index (χ3v) is 7.55. The molecule has 2 aromatic heterocycles. The average molecular weight is 519 g/mol. The van der Waals surface area contributed by atoms with Crippen molar-refractivity contribution in [2.24, 2.45) is 0 Å². The van der Waals surface area contributed by atoms with E-state index in [2.05, 4.69) is 28.1 Å². The Morgan fingerprint density at radius 1 is 1.12 bits per heavy atom. The van der Waals surface area contributed by atoms with Gasteiger partial charge in [0.1, 0.15) is 17.8 Å². The second kappa shape index (κ2) is 8.57. The van der Waals surface area contributed by atoms with Gasteiger partial charge in [-0.25, -0.2) is 19.1 Å². The first-order valence-corrected chi connectivity index (χ1v) is 12.5. The molecule has 0 radical (unpaired) electrons. The van der Waals surface area contributed by atoms with E-state index in [0.29, 0.717) is 0 Å². The summed E-state index contributed by atoms with van der Waals surface area (Å²) in [6, 6.07) is -0.995. The van der Waals surface area contributed by atoms with Crippen molar-refractivity contribution in [3.8, 4) is 11.9 Å². The maximum Gasteiger partial charge on any atom is 0.484 e. The highest BCUT2D eigenvalue weighted by Crippen LogP contribution is 2.64. The fraction of sp³-hybridized carbons (Fsp3) is 0.500. The summed E-state index contributed by atoms with van der Waals surface area (Å²) in [7, 11) is -17.4. The molecule has 0 amide bonds. The van der Waals surface area contributed by atoms with Crippen molar-refractivity contribution in [3.05, 3.63) is 0 Å². The van der Waals surface area contributed by atoms with Crippen molar-refractivity contribution in [2.45, 2.75) is 24.9 Å². The van der Waals surface area contributed by atoms with E-state index >= 15 is 0 Å². The number of nitrogens with two attached hydrogens (primary N) is 1. The van der Waals surface area contributed by atoms with Gasteiger partial charge in [0.2, 0.25) is 5.95 Å². The van der Waals surface area contributed by atoms with Gasteiger partial charge in [0.05, 0.1) is 26.5 Å². The SMILES string of the molecule is Nc1nc([O-])c2nc([O-])n([C@H]3C[C@H](O)[C@@H](COP(=O)(O)OP(=O)(O)OP(=O)([O-])[O-])O3)c2n1. The first kappa shape index (κ1) is 24.9. The minimum absolute atomic E-state index is 0.291. The largest absolute Gasteiger partial charge is 0.857 e. The summed E-state index contributed by atoms with van der Waals surface area (Å²) in [5.74, 6) is -1.40. The lowest BCUT2D eigenvalue weighted by molar-refractivity contribution is -0.334. The van der Waals surface area contributed by atoms with Gasteiger partial charge in [0.15, 0.2) is 5.65 Å². The van der Waals surface area contributed by atoms with Gasteiger partial charge in [-0.1, -0.05) is 0 Å². The van der Waals surface area contributed by atoms with Crippen molar-refractivity contribution >= 4 is 40.6 Å². The Hall–Kier alpha value is -1.72. The van der Waals surface area contributed by atoms with Gasteiger partial charge in [-0.2, -0.15) is 9.29 Å². The van der Waals surface area contributed by atoms with Crippen LogP contribution in [0.3, 0.4) is 0 Å². The number of nitrogens with zero attached hydrogens (tertiary/aromatic N) is 4. The van der Waals surface area contributed by atoms with E-state index in [1.807, 2.05) is 0 Å². The number of imidazole rings is 1. The molecule has 22 heteroatoms. The van der Waals surface area contributed by atoms with E-state index in [4.69, 9.17) is 15.4 Å². The molecule has 19 nitrogen and oxygen atoms in total. The highest BCUT2D eigenvalue weighted by molar-refractivity contribution is 7.66. The first-order valence-electron chi connectivity index (χ1n) is 8.05. The van der Waals surface area contributed by atoms with Crippen LogP contribution < -0.4 is 25.7 Å². The molecule has 0 aliphatic carbocycles. The molecule has 2 aromatic rings. The summed E-state index contributed by atoms with van der Waals surface area (Å²) in [5.41, 5.74) is 4.68. The van der Waals surface area contributed by atoms with Gasteiger partial charge in [0.25, 0.3) is 0 Å². The Labute approximate surface area is 176 Å². The standard InChI is InChI=1S/C10H16N5O14P3/c11-9-13-7-6(8(17)14-9)12-10(18)15(7)5-1-3(16)4(27-5)2-26-31(22,23)29-32(24,25)28-30(19,20)21/h3-5,16H,1-2H2,(H,12,18)(H,22,23)(H,24,25)(H2,19,20,21)(H3,11,13,14,17)/p-4/t3-,4+,5+/m0/s1. The number of nitrogen functional groups attached to an aromatic ring is 1. The Bertz CT molecular complexity index is 1170. The van der Waals surface area contributed by atoms with Crippen LogP contribution in [0.4, 0.5) is 5.95 Å². The molecule has 5 N–H and O–H groups in total. The molecule has 1 aliphatic rings. The molecule has 2 unspecified atom stereocenters. The molecule has 0 spiro atoms. The fourth-order valence-corrected chi connectivity index (χ4v) is 5.66. The Balaban J connectivity index is 1.71. The van der Waals surface area contributed by atoms with Crippen molar-refractivity contribution in [1.82, 2.24) is 19.5 Å². The molecule has 0 bridgehead atoms. The van der Waals surface area contributed by atoms with Crippen LogP contribution in [-0.2, 0) is 31.6 Å². The summed E-state index contributed by atoms with van der Waals surface area (Å²) in [6.07, 6.45) is -4.48. The monoisotopic (exact) mass is 519 g/mol. The van der Waals surface area contributed by atoms with Crippen molar-refractivity contribution in [3.63, 3.8) is 0 Å². The number of anilines is 1. The van der Waals surface area contributed by atoms with Gasteiger partial charge in [-0.05, 0) is 0 Å². The van der Waals surface area contributed by atoms with E-state index in [0.717, 1.165) is 4.57 Å². The molecule has 5 atom stereocenters. The van der Waals surface area contributed by atoms with E-state index < -0.39 is 71.9 Å². The molecular formula is C10H12N5O14P3-4. The fourth-order valence-electron chi connectivity index (χ4n) is 2.69. The van der Waals surface area contributed by atoms with E-state index in [-0.39, 0.29) is 12.1 Å². The second-order valence-electron chi connectivity index (χ2n) is 6.10. The number of aliphatic hydroxyl groups excluding tert-OH is 1. The molecule has 3 rings (SSSR count). The highest BCUT2D eigenvalue weighted by Gasteiger charge is 2.41. The third kappa shape index (κ3) is 5.79. The van der Waals surface area contributed by atoms with Gasteiger partial charge >= 0.3 is 15.6 Å². The van der Waals surface area contributed by atoms with Gasteiger partial charge in [0, 0.05) is 12.3 Å². The zero-order valence-corrected chi connectivity index (χ0v) is 17.9. The molecule has 3 heterocycles. The Morgan fingerprint density at radius 3 is 2.41 bits per heavy atom. The van der Waals surface area contributed by atoms with Gasteiger partial charge in [-0.3, -0.25) is 13.4 Å². The number of hydrogen-bond donors (Lipinski definition) is 4. The minimum atomic E-state index is -6.06. The molecular weight excluding hydrogens is 507 g/mol. The lowest BCUT2D eigenvalue weighted by Gasteiger charge is -2.29. The zero-order valence-electron chi connectivity index (χ0n) is 15.2. The van der Waals surface area contributed by atoms with Crippen molar-refractivity contribution in [2.75, 3.05) is 12.3 Å². The number of fused-ring (bicyclic) bond motifs is 1. The van der Waals surface area contributed by atoms with Crippen LogP contribution in [0.15, 0.2) is 0 Å². The third-order valence-electron chi connectivity index (χ3n) is 3.80.